The minimum Gasteiger partial charge on any atom is -0.365 e. The Morgan fingerprint density at radius 3 is 2.23 bits per heavy atom. The van der Waals surface area contributed by atoms with Crippen LogP contribution in [-0.4, -0.2) is 18.6 Å². The Balaban J connectivity index is 1.66. The summed E-state index contributed by atoms with van der Waals surface area (Å²) in [7, 11) is -3.82. The molecule has 0 atom stereocenters. The molecule has 8 heteroatoms. The Bertz CT molecular complexity index is 990. The van der Waals surface area contributed by atoms with Crippen LogP contribution in [0.5, 0.6) is 0 Å². The molecule has 26 heavy (non-hydrogen) atoms. The number of rotatable bonds is 6. The summed E-state index contributed by atoms with van der Waals surface area (Å²) in [6.45, 7) is 2.63. The Kier molecular flexibility index (Phi) is 5.39. The lowest BCUT2D eigenvalue weighted by molar-refractivity contribution is 0.601. The van der Waals surface area contributed by atoms with Crippen molar-refractivity contribution in [1.82, 2.24) is 10.2 Å². The lowest BCUT2D eigenvalue weighted by atomic mass is 10.1. The smallest absolute Gasteiger partial charge is 0.264 e. The van der Waals surface area contributed by atoms with Gasteiger partial charge in [0.05, 0.1) is 5.02 Å². The van der Waals surface area contributed by atoms with E-state index in [1.807, 2.05) is 31.2 Å². The van der Waals surface area contributed by atoms with Crippen molar-refractivity contribution >= 4 is 33.3 Å². The number of hydrogen-bond acceptors (Lipinski definition) is 5. The molecule has 0 saturated carbocycles. The summed E-state index contributed by atoms with van der Waals surface area (Å²) < 4.78 is 27.1. The molecule has 1 aromatic heterocycles. The number of nitrogens with one attached hydrogen (secondary N) is 2. The zero-order chi connectivity index (χ0) is 18.6. The second kappa shape index (κ2) is 7.72. The van der Waals surface area contributed by atoms with Crippen LogP contribution < -0.4 is 10.0 Å². The summed E-state index contributed by atoms with van der Waals surface area (Å²) in [4.78, 5) is -0.00922. The van der Waals surface area contributed by atoms with Gasteiger partial charge >= 0.3 is 0 Å². The highest BCUT2D eigenvalue weighted by molar-refractivity contribution is 7.92. The van der Waals surface area contributed by atoms with E-state index in [2.05, 4.69) is 20.2 Å². The minimum atomic E-state index is -3.82. The molecule has 0 spiro atoms. The molecule has 0 aliphatic carbocycles. The van der Waals surface area contributed by atoms with Crippen molar-refractivity contribution < 1.29 is 8.42 Å². The van der Waals surface area contributed by atoms with Gasteiger partial charge in [-0.1, -0.05) is 53.6 Å². The van der Waals surface area contributed by atoms with Crippen LogP contribution in [0.1, 0.15) is 11.1 Å². The lowest BCUT2D eigenvalue weighted by Gasteiger charge is -2.09. The molecule has 3 rings (SSSR count). The molecule has 134 valence electrons. The van der Waals surface area contributed by atoms with Gasteiger partial charge in [-0.05, 0) is 36.8 Å². The number of aryl methyl sites for hydroxylation is 1. The Morgan fingerprint density at radius 2 is 1.58 bits per heavy atom. The molecular formula is C18H17ClN4O2S. The van der Waals surface area contributed by atoms with E-state index in [-0.39, 0.29) is 15.7 Å². The average Bonchev–Trinajstić information content (AvgIpc) is 2.62. The number of benzene rings is 2. The third-order valence-electron chi connectivity index (χ3n) is 3.62. The standard InChI is InChI=1S/C18H17ClN4O2S/c1-13-6-8-14(9-7-13)12-20-17-10-11-18(22-21-17)23-26(24,25)16-5-3-2-4-15(16)19/h2-11H,12H2,1H3,(H,20,21)(H,22,23). The summed E-state index contributed by atoms with van der Waals surface area (Å²) in [6, 6.07) is 17.5. The zero-order valence-corrected chi connectivity index (χ0v) is 15.6. The normalized spacial score (nSPS) is 11.2. The molecule has 0 amide bonds. The third kappa shape index (κ3) is 4.50. The first-order chi connectivity index (χ1) is 12.4. The molecule has 0 bridgehead atoms. The van der Waals surface area contributed by atoms with Crippen molar-refractivity contribution in [3.63, 3.8) is 0 Å². The van der Waals surface area contributed by atoms with Gasteiger partial charge < -0.3 is 5.32 Å². The van der Waals surface area contributed by atoms with Gasteiger partial charge in [-0.25, -0.2) is 8.42 Å². The number of hydrogen-bond donors (Lipinski definition) is 2. The van der Waals surface area contributed by atoms with Crippen molar-refractivity contribution in [3.8, 4) is 0 Å². The van der Waals surface area contributed by atoms with E-state index in [1.54, 1.807) is 24.3 Å². The van der Waals surface area contributed by atoms with Gasteiger partial charge in [0.15, 0.2) is 5.82 Å². The van der Waals surface area contributed by atoms with E-state index in [4.69, 9.17) is 11.6 Å². The van der Waals surface area contributed by atoms with Crippen LogP contribution in [0.25, 0.3) is 0 Å². The summed E-state index contributed by atoms with van der Waals surface area (Å²) >= 11 is 5.94. The zero-order valence-electron chi connectivity index (χ0n) is 14.0. The first kappa shape index (κ1) is 18.2. The quantitative estimate of drug-likeness (QED) is 0.670. The summed E-state index contributed by atoms with van der Waals surface area (Å²) in [5, 5.41) is 11.2. The molecule has 0 aliphatic rings. The maximum atomic E-state index is 12.4. The van der Waals surface area contributed by atoms with Crippen LogP contribution in [0.2, 0.25) is 5.02 Å². The second-order valence-electron chi connectivity index (χ2n) is 5.68. The van der Waals surface area contributed by atoms with Crippen LogP contribution in [0, 0.1) is 6.92 Å². The molecule has 6 nitrogen and oxygen atoms in total. The number of sulfonamides is 1. The van der Waals surface area contributed by atoms with E-state index in [0.29, 0.717) is 12.4 Å². The highest BCUT2D eigenvalue weighted by Crippen LogP contribution is 2.22. The fourth-order valence-electron chi connectivity index (χ4n) is 2.23. The predicted octanol–water partition coefficient (Wildman–Crippen LogP) is 3.85. The van der Waals surface area contributed by atoms with Crippen LogP contribution in [0.4, 0.5) is 11.6 Å². The monoisotopic (exact) mass is 388 g/mol. The van der Waals surface area contributed by atoms with Crippen LogP contribution in [0.3, 0.4) is 0 Å². The molecule has 0 radical (unpaired) electrons. The van der Waals surface area contributed by atoms with Gasteiger partial charge in [0, 0.05) is 6.54 Å². The topological polar surface area (TPSA) is 84.0 Å². The predicted molar refractivity (Wildman–Crippen MR) is 103 cm³/mol. The Morgan fingerprint density at radius 1 is 0.923 bits per heavy atom. The molecule has 2 aromatic carbocycles. The van der Waals surface area contributed by atoms with Gasteiger partial charge in [0.25, 0.3) is 10.0 Å². The van der Waals surface area contributed by atoms with Crippen molar-refractivity contribution in [2.75, 3.05) is 10.0 Å². The first-order valence-electron chi connectivity index (χ1n) is 7.84. The van der Waals surface area contributed by atoms with Gasteiger partial charge in [-0.3, -0.25) is 4.72 Å². The van der Waals surface area contributed by atoms with Gasteiger partial charge in [0.2, 0.25) is 0 Å². The highest BCUT2D eigenvalue weighted by atomic mass is 35.5. The van der Waals surface area contributed by atoms with Gasteiger partial charge in [-0.15, -0.1) is 10.2 Å². The molecule has 0 fully saturated rings. The summed E-state index contributed by atoms with van der Waals surface area (Å²) in [6.07, 6.45) is 0. The van der Waals surface area contributed by atoms with Crippen molar-refractivity contribution in [2.24, 2.45) is 0 Å². The molecule has 0 aliphatic heterocycles. The summed E-state index contributed by atoms with van der Waals surface area (Å²) in [5.74, 6) is 0.664. The van der Waals surface area contributed by atoms with Crippen LogP contribution in [-0.2, 0) is 16.6 Å². The Hall–Kier alpha value is -2.64. The molecule has 1 heterocycles. The second-order valence-corrected chi connectivity index (χ2v) is 7.74. The maximum absolute atomic E-state index is 12.4. The third-order valence-corrected chi connectivity index (χ3v) is 5.48. The van der Waals surface area contributed by atoms with E-state index >= 15 is 0 Å². The number of halogens is 1. The molecule has 0 unspecified atom stereocenters. The average molecular weight is 389 g/mol. The number of aromatic nitrogens is 2. The van der Waals surface area contributed by atoms with Crippen LogP contribution in [0.15, 0.2) is 65.6 Å². The van der Waals surface area contributed by atoms with Crippen molar-refractivity contribution in [1.29, 1.82) is 0 Å². The van der Waals surface area contributed by atoms with Crippen molar-refractivity contribution in [2.45, 2.75) is 18.4 Å². The minimum absolute atomic E-state index is 0.00922. The van der Waals surface area contributed by atoms with E-state index in [1.165, 1.54) is 17.7 Å². The van der Waals surface area contributed by atoms with E-state index in [9.17, 15) is 8.42 Å². The largest absolute Gasteiger partial charge is 0.365 e. The fraction of sp³-hybridized carbons (Fsp3) is 0.111. The molecular weight excluding hydrogens is 372 g/mol. The van der Waals surface area contributed by atoms with Crippen molar-refractivity contribution in [3.05, 3.63) is 76.8 Å². The molecule has 2 N–H and O–H groups in total. The maximum Gasteiger partial charge on any atom is 0.264 e. The SMILES string of the molecule is Cc1ccc(CNc2ccc(NS(=O)(=O)c3ccccc3Cl)nn2)cc1. The van der Waals surface area contributed by atoms with Gasteiger partial charge in [0.1, 0.15) is 10.7 Å². The lowest BCUT2D eigenvalue weighted by Crippen LogP contribution is -2.15. The molecule has 3 aromatic rings. The number of nitrogens with zero attached hydrogens (tertiary/aromatic N) is 2. The van der Waals surface area contributed by atoms with Gasteiger partial charge in [-0.2, -0.15) is 0 Å². The number of anilines is 2. The van der Waals surface area contributed by atoms with E-state index in [0.717, 1.165) is 5.56 Å². The Labute approximate surface area is 157 Å². The van der Waals surface area contributed by atoms with E-state index < -0.39 is 10.0 Å². The first-order valence-corrected chi connectivity index (χ1v) is 9.71. The summed E-state index contributed by atoms with van der Waals surface area (Å²) in [5.41, 5.74) is 2.31. The van der Waals surface area contributed by atoms with Crippen LogP contribution >= 0.6 is 11.6 Å². The fourth-order valence-corrected chi connectivity index (χ4v) is 3.75. The molecule has 0 saturated heterocycles. The highest BCUT2D eigenvalue weighted by Gasteiger charge is 2.18.